The summed E-state index contributed by atoms with van der Waals surface area (Å²) in [6.45, 7) is 4.56. The van der Waals surface area contributed by atoms with Gasteiger partial charge in [-0.3, -0.25) is 4.79 Å². The second kappa shape index (κ2) is 9.64. The van der Waals surface area contributed by atoms with E-state index >= 15 is 0 Å². The second-order valence-electron chi connectivity index (χ2n) is 5.28. The fourth-order valence-corrected chi connectivity index (χ4v) is 2.18. The molecule has 118 valence electrons. The molecule has 0 aliphatic heterocycles. The van der Waals surface area contributed by atoms with Crippen molar-refractivity contribution in [1.82, 2.24) is 0 Å². The molecule has 1 amide bonds. The van der Waals surface area contributed by atoms with Crippen LogP contribution in [0.2, 0.25) is 5.02 Å². The lowest BCUT2D eigenvalue weighted by Crippen LogP contribution is -2.14. The number of ether oxygens (including phenoxy) is 1. The first-order chi connectivity index (χ1) is 10.0. The molecule has 0 heterocycles. The molecule has 0 aliphatic carbocycles. The standard InChI is InChI=1S/C16H25ClN2O2/c1-12(2)21-16-13(17)8-7-9-14(16)19-15(20)10-5-3-4-6-11-18/h7-9,12H,3-6,10-11,18H2,1-2H3,(H,19,20). The van der Waals surface area contributed by atoms with Crippen LogP contribution in [0.1, 0.15) is 46.0 Å². The van der Waals surface area contributed by atoms with Gasteiger partial charge in [-0.15, -0.1) is 0 Å². The Balaban J connectivity index is 2.53. The van der Waals surface area contributed by atoms with Gasteiger partial charge < -0.3 is 15.8 Å². The molecule has 0 bridgehead atoms. The van der Waals surface area contributed by atoms with Crippen molar-refractivity contribution in [3.8, 4) is 5.75 Å². The van der Waals surface area contributed by atoms with Gasteiger partial charge >= 0.3 is 0 Å². The van der Waals surface area contributed by atoms with Gasteiger partial charge in [0.1, 0.15) is 0 Å². The van der Waals surface area contributed by atoms with Gasteiger partial charge in [0.05, 0.1) is 16.8 Å². The van der Waals surface area contributed by atoms with E-state index in [9.17, 15) is 4.79 Å². The summed E-state index contributed by atoms with van der Waals surface area (Å²) < 4.78 is 5.67. The highest BCUT2D eigenvalue weighted by Gasteiger charge is 2.12. The maximum atomic E-state index is 12.0. The van der Waals surface area contributed by atoms with E-state index in [0.29, 0.717) is 29.4 Å². The molecule has 0 saturated carbocycles. The summed E-state index contributed by atoms with van der Waals surface area (Å²) in [7, 11) is 0. The first-order valence-electron chi connectivity index (χ1n) is 7.49. The smallest absolute Gasteiger partial charge is 0.224 e. The van der Waals surface area contributed by atoms with E-state index < -0.39 is 0 Å². The van der Waals surface area contributed by atoms with Gasteiger partial charge in [0.15, 0.2) is 5.75 Å². The Hall–Kier alpha value is -1.26. The Kier molecular flexibility index (Phi) is 8.16. The average Bonchev–Trinajstić information content (AvgIpc) is 2.42. The van der Waals surface area contributed by atoms with Crippen LogP contribution in [0.25, 0.3) is 0 Å². The first kappa shape index (κ1) is 17.8. The Labute approximate surface area is 132 Å². The molecule has 0 atom stereocenters. The fraction of sp³-hybridized carbons (Fsp3) is 0.562. The summed E-state index contributed by atoms with van der Waals surface area (Å²) in [4.78, 5) is 12.0. The van der Waals surface area contributed by atoms with Crippen LogP contribution < -0.4 is 15.8 Å². The lowest BCUT2D eigenvalue weighted by Gasteiger charge is -2.16. The van der Waals surface area contributed by atoms with Crippen molar-refractivity contribution >= 4 is 23.2 Å². The molecule has 0 aromatic heterocycles. The molecule has 1 aromatic rings. The third-order valence-electron chi connectivity index (χ3n) is 2.95. The number of unbranched alkanes of at least 4 members (excludes halogenated alkanes) is 3. The predicted octanol–water partition coefficient (Wildman–Crippen LogP) is 3.97. The summed E-state index contributed by atoms with van der Waals surface area (Å²) in [6.07, 6.45) is 4.47. The van der Waals surface area contributed by atoms with E-state index in [0.717, 1.165) is 25.7 Å². The largest absolute Gasteiger partial charge is 0.487 e. The minimum Gasteiger partial charge on any atom is -0.487 e. The summed E-state index contributed by atoms with van der Waals surface area (Å²) in [5.74, 6) is 0.518. The number of para-hydroxylation sites is 1. The fourth-order valence-electron chi connectivity index (χ4n) is 1.96. The summed E-state index contributed by atoms with van der Waals surface area (Å²) in [5, 5.41) is 3.38. The van der Waals surface area contributed by atoms with Crippen molar-refractivity contribution in [3.05, 3.63) is 23.2 Å². The molecule has 0 aliphatic rings. The number of benzene rings is 1. The van der Waals surface area contributed by atoms with Gasteiger partial charge in [-0.25, -0.2) is 0 Å². The number of carbonyl (C=O) groups excluding carboxylic acids is 1. The number of hydrogen-bond donors (Lipinski definition) is 2. The molecular weight excluding hydrogens is 288 g/mol. The van der Waals surface area contributed by atoms with Crippen LogP contribution in [0, 0.1) is 0 Å². The van der Waals surface area contributed by atoms with E-state index in [1.807, 2.05) is 13.8 Å². The number of carbonyl (C=O) groups is 1. The normalized spacial score (nSPS) is 10.7. The molecule has 0 radical (unpaired) electrons. The van der Waals surface area contributed by atoms with Crippen molar-refractivity contribution in [2.24, 2.45) is 5.73 Å². The third-order valence-corrected chi connectivity index (χ3v) is 3.25. The highest BCUT2D eigenvalue weighted by molar-refractivity contribution is 6.32. The Morgan fingerprint density at radius 2 is 2.00 bits per heavy atom. The number of halogens is 1. The highest BCUT2D eigenvalue weighted by atomic mass is 35.5. The lowest BCUT2D eigenvalue weighted by atomic mass is 10.1. The van der Waals surface area contributed by atoms with E-state index in [-0.39, 0.29) is 12.0 Å². The minimum absolute atomic E-state index is 0.00295. The van der Waals surface area contributed by atoms with Gasteiger partial charge in [0.25, 0.3) is 0 Å². The zero-order valence-electron chi connectivity index (χ0n) is 12.8. The monoisotopic (exact) mass is 312 g/mol. The van der Waals surface area contributed by atoms with E-state index in [1.54, 1.807) is 18.2 Å². The quantitative estimate of drug-likeness (QED) is 0.678. The van der Waals surface area contributed by atoms with Crippen molar-refractivity contribution < 1.29 is 9.53 Å². The van der Waals surface area contributed by atoms with Crippen LogP contribution in [0.15, 0.2) is 18.2 Å². The lowest BCUT2D eigenvalue weighted by molar-refractivity contribution is -0.116. The summed E-state index contributed by atoms with van der Waals surface area (Å²) in [6, 6.07) is 5.35. The number of hydrogen-bond acceptors (Lipinski definition) is 3. The molecule has 1 aromatic carbocycles. The van der Waals surface area contributed by atoms with E-state index in [1.165, 1.54) is 0 Å². The molecule has 0 unspecified atom stereocenters. The molecule has 1 rings (SSSR count). The number of nitrogens with one attached hydrogen (secondary N) is 1. The predicted molar refractivity (Wildman–Crippen MR) is 88.0 cm³/mol. The van der Waals surface area contributed by atoms with Gasteiger partial charge in [0.2, 0.25) is 5.91 Å². The second-order valence-corrected chi connectivity index (χ2v) is 5.69. The molecule has 3 N–H and O–H groups in total. The molecule has 5 heteroatoms. The van der Waals surface area contributed by atoms with Gasteiger partial charge in [-0.1, -0.05) is 30.5 Å². The molecule has 0 saturated heterocycles. The van der Waals surface area contributed by atoms with Crippen molar-refractivity contribution in [2.45, 2.75) is 52.1 Å². The third kappa shape index (κ3) is 6.82. The van der Waals surface area contributed by atoms with Gasteiger partial charge in [-0.05, 0) is 45.4 Å². The van der Waals surface area contributed by atoms with Crippen LogP contribution in [0.3, 0.4) is 0 Å². The Morgan fingerprint density at radius 3 is 2.67 bits per heavy atom. The number of anilines is 1. The Morgan fingerprint density at radius 1 is 1.29 bits per heavy atom. The molecule has 0 spiro atoms. The summed E-state index contributed by atoms with van der Waals surface area (Å²) in [5.41, 5.74) is 6.07. The van der Waals surface area contributed by atoms with Crippen LogP contribution in [0.5, 0.6) is 5.75 Å². The van der Waals surface area contributed by atoms with Crippen LogP contribution in [-0.2, 0) is 4.79 Å². The number of rotatable bonds is 9. The van der Waals surface area contributed by atoms with E-state index in [4.69, 9.17) is 22.1 Å². The maximum Gasteiger partial charge on any atom is 0.224 e. The zero-order chi connectivity index (χ0) is 15.7. The highest BCUT2D eigenvalue weighted by Crippen LogP contribution is 2.33. The van der Waals surface area contributed by atoms with E-state index in [2.05, 4.69) is 5.32 Å². The molecule has 0 fully saturated rings. The van der Waals surface area contributed by atoms with Gasteiger partial charge in [0, 0.05) is 6.42 Å². The zero-order valence-corrected chi connectivity index (χ0v) is 13.6. The van der Waals surface area contributed by atoms with Crippen molar-refractivity contribution in [2.75, 3.05) is 11.9 Å². The average molecular weight is 313 g/mol. The van der Waals surface area contributed by atoms with Crippen LogP contribution in [-0.4, -0.2) is 18.6 Å². The summed E-state index contributed by atoms with van der Waals surface area (Å²) >= 11 is 6.13. The minimum atomic E-state index is -0.0152. The molecule has 21 heavy (non-hydrogen) atoms. The topological polar surface area (TPSA) is 64.3 Å². The number of nitrogens with two attached hydrogens (primary N) is 1. The van der Waals surface area contributed by atoms with Crippen LogP contribution in [0.4, 0.5) is 5.69 Å². The number of amides is 1. The molecule has 4 nitrogen and oxygen atoms in total. The van der Waals surface area contributed by atoms with Gasteiger partial charge in [-0.2, -0.15) is 0 Å². The molecular formula is C16H25ClN2O2. The SMILES string of the molecule is CC(C)Oc1c(Cl)cccc1NC(=O)CCCCCCN. The van der Waals surface area contributed by atoms with Crippen LogP contribution >= 0.6 is 11.6 Å². The maximum absolute atomic E-state index is 12.0. The first-order valence-corrected chi connectivity index (χ1v) is 7.87. The Bertz CT molecular complexity index is 450. The van der Waals surface area contributed by atoms with Crippen molar-refractivity contribution in [1.29, 1.82) is 0 Å². The van der Waals surface area contributed by atoms with Crippen molar-refractivity contribution in [3.63, 3.8) is 0 Å².